The summed E-state index contributed by atoms with van der Waals surface area (Å²) in [6.07, 6.45) is -3.92. The fraction of sp³-hybridized carbons (Fsp3) is 0.222. The van der Waals surface area contributed by atoms with Gasteiger partial charge in [0.05, 0.1) is 12.1 Å². The number of alkyl halides is 3. The third-order valence-corrected chi connectivity index (χ3v) is 5.64. The highest BCUT2D eigenvalue weighted by atomic mass is 19.4. The van der Waals surface area contributed by atoms with Crippen molar-refractivity contribution in [1.29, 1.82) is 0 Å². The van der Waals surface area contributed by atoms with E-state index >= 15 is 0 Å². The van der Waals surface area contributed by atoms with Crippen LogP contribution in [0.25, 0.3) is 11.0 Å². The number of carbonyl (C=O) groups is 1. The Morgan fingerprint density at radius 1 is 1.00 bits per heavy atom. The first-order valence-corrected chi connectivity index (χ1v) is 11.1. The van der Waals surface area contributed by atoms with Gasteiger partial charge in [-0.1, -0.05) is 54.1 Å². The molecule has 0 spiro atoms. The molecule has 1 heterocycles. The van der Waals surface area contributed by atoms with Crippen LogP contribution in [-0.2, 0) is 19.0 Å². The van der Waals surface area contributed by atoms with Gasteiger partial charge < -0.3 is 9.15 Å². The van der Waals surface area contributed by atoms with Gasteiger partial charge in [0.15, 0.2) is 5.76 Å². The molecule has 1 aromatic heterocycles. The van der Waals surface area contributed by atoms with E-state index in [1.807, 2.05) is 19.1 Å². The van der Waals surface area contributed by atoms with E-state index in [2.05, 4.69) is 0 Å². The van der Waals surface area contributed by atoms with Crippen molar-refractivity contribution in [3.8, 4) is 5.75 Å². The summed E-state index contributed by atoms with van der Waals surface area (Å²) in [5.74, 6) is -0.175. The van der Waals surface area contributed by atoms with E-state index in [4.69, 9.17) is 9.15 Å². The zero-order chi connectivity index (χ0) is 25.0. The number of fused-ring (bicyclic) bond motifs is 1. The predicted molar refractivity (Wildman–Crippen MR) is 125 cm³/mol. The van der Waals surface area contributed by atoms with Gasteiger partial charge in [-0.15, -0.1) is 0 Å². The van der Waals surface area contributed by atoms with Crippen LogP contribution in [0.1, 0.15) is 32.8 Å². The number of rotatable bonds is 8. The Labute approximate surface area is 200 Å². The SMILES string of the molecule is Cc1ccc(OCCN(O)C(=O)c2oc3ccccc3c2CCc2cccc(C(F)(F)F)c2)cc1. The van der Waals surface area contributed by atoms with Gasteiger partial charge in [-0.3, -0.25) is 10.0 Å². The maximum atomic E-state index is 13.1. The summed E-state index contributed by atoms with van der Waals surface area (Å²) in [5.41, 5.74) is 1.83. The van der Waals surface area contributed by atoms with Crippen LogP contribution in [0, 0.1) is 6.92 Å². The number of para-hydroxylation sites is 1. The molecule has 0 saturated heterocycles. The number of halogens is 3. The highest BCUT2D eigenvalue weighted by molar-refractivity contribution is 5.98. The number of hydrogen-bond acceptors (Lipinski definition) is 4. The number of nitrogens with zero attached hydrogens (tertiary/aromatic N) is 1. The van der Waals surface area contributed by atoms with Gasteiger partial charge in [0.2, 0.25) is 0 Å². The quantitative estimate of drug-likeness (QED) is 0.231. The Hall–Kier alpha value is -3.78. The fourth-order valence-electron chi connectivity index (χ4n) is 3.80. The van der Waals surface area contributed by atoms with E-state index in [1.165, 1.54) is 6.07 Å². The van der Waals surface area contributed by atoms with E-state index in [1.54, 1.807) is 42.5 Å². The largest absolute Gasteiger partial charge is 0.492 e. The van der Waals surface area contributed by atoms with Gasteiger partial charge in [0.1, 0.15) is 17.9 Å². The molecule has 0 fully saturated rings. The zero-order valence-electron chi connectivity index (χ0n) is 19.0. The van der Waals surface area contributed by atoms with Crippen LogP contribution in [0.5, 0.6) is 5.75 Å². The molecule has 0 atom stereocenters. The van der Waals surface area contributed by atoms with Crippen molar-refractivity contribution in [1.82, 2.24) is 5.06 Å². The van der Waals surface area contributed by atoms with Crippen molar-refractivity contribution >= 4 is 16.9 Å². The molecule has 1 amide bonds. The van der Waals surface area contributed by atoms with Crippen LogP contribution < -0.4 is 4.74 Å². The minimum absolute atomic E-state index is 0.0454. The summed E-state index contributed by atoms with van der Waals surface area (Å²) < 4.78 is 50.5. The molecule has 3 aromatic carbocycles. The Morgan fingerprint density at radius 2 is 1.74 bits per heavy atom. The van der Waals surface area contributed by atoms with Crippen molar-refractivity contribution in [3.63, 3.8) is 0 Å². The summed E-state index contributed by atoms with van der Waals surface area (Å²) >= 11 is 0. The first kappa shape index (κ1) is 24.3. The summed E-state index contributed by atoms with van der Waals surface area (Å²) in [4.78, 5) is 13.0. The molecule has 0 unspecified atom stereocenters. The maximum Gasteiger partial charge on any atom is 0.416 e. The monoisotopic (exact) mass is 483 g/mol. The molecule has 8 heteroatoms. The first-order chi connectivity index (χ1) is 16.7. The lowest BCUT2D eigenvalue weighted by atomic mass is 10.00. The lowest BCUT2D eigenvalue weighted by Gasteiger charge is -2.15. The van der Waals surface area contributed by atoms with Crippen LogP contribution in [0.2, 0.25) is 0 Å². The molecule has 1 N–H and O–H groups in total. The normalized spacial score (nSPS) is 11.6. The van der Waals surface area contributed by atoms with E-state index in [0.29, 0.717) is 32.9 Å². The molecule has 5 nitrogen and oxygen atoms in total. The lowest BCUT2D eigenvalue weighted by molar-refractivity contribution is -0.137. The molecule has 4 aromatic rings. The number of ether oxygens (including phenoxy) is 1. The van der Waals surface area contributed by atoms with Crippen molar-refractivity contribution in [3.05, 3.63) is 101 Å². The first-order valence-electron chi connectivity index (χ1n) is 11.1. The van der Waals surface area contributed by atoms with Crippen molar-refractivity contribution in [2.75, 3.05) is 13.2 Å². The number of aryl methyl sites for hydroxylation is 3. The number of amides is 1. The Balaban J connectivity index is 1.49. The minimum Gasteiger partial charge on any atom is -0.492 e. The van der Waals surface area contributed by atoms with E-state index < -0.39 is 17.6 Å². The standard InChI is InChI=1S/C27H24F3NO4/c1-18-9-12-21(13-10-18)34-16-15-31(33)26(32)25-23(22-7-2-3-8-24(22)35-25)14-11-19-5-4-6-20(17-19)27(28,29)30/h2-10,12-13,17,33H,11,14-16H2,1H3. The van der Waals surface area contributed by atoms with Crippen LogP contribution >= 0.6 is 0 Å². The molecule has 0 aliphatic carbocycles. The van der Waals surface area contributed by atoms with Gasteiger partial charge in [0.25, 0.3) is 0 Å². The Kier molecular flexibility index (Phi) is 7.12. The van der Waals surface area contributed by atoms with E-state index in [9.17, 15) is 23.2 Å². The molecular formula is C27H24F3NO4. The maximum absolute atomic E-state index is 13.1. The average molecular weight is 483 g/mol. The van der Waals surface area contributed by atoms with E-state index in [-0.39, 0.29) is 31.8 Å². The second kappa shape index (κ2) is 10.2. The highest BCUT2D eigenvalue weighted by Gasteiger charge is 2.30. The van der Waals surface area contributed by atoms with Crippen LogP contribution in [0.4, 0.5) is 13.2 Å². The summed E-state index contributed by atoms with van der Waals surface area (Å²) in [5, 5.41) is 11.6. The number of carbonyl (C=O) groups excluding carboxylic acids is 1. The Morgan fingerprint density at radius 3 is 2.49 bits per heavy atom. The molecule has 0 aliphatic heterocycles. The van der Waals surface area contributed by atoms with Gasteiger partial charge in [-0.05, 0) is 49.6 Å². The van der Waals surface area contributed by atoms with E-state index in [0.717, 1.165) is 17.7 Å². The zero-order valence-corrected chi connectivity index (χ0v) is 19.0. The van der Waals surface area contributed by atoms with Crippen LogP contribution in [0.3, 0.4) is 0 Å². The molecule has 182 valence electrons. The molecule has 0 radical (unpaired) electrons. The van der Waals surface area contributed by atoms with Gasteiger partial charge in [-0.2, -0.15) is 13.2 Å². The molecule has 4 rings (SSSR count). The highest BCUT2D eigenvalue weighted by Crippen LogP contribution is 2.31. The average Bonchev–Trinajstić information content (AvgIpc) is 3.21. The van der Waals surface area contributed by atoms with Crippen LogP contribution in [0.15, 0.2) is 77.2 Å². The predicted octanol–water partition coefficient (Wildman–Crippen LogP) is 6.46. The number of hydrogen-bond donors (Lipinski definition) is 1. The summed E-state index contributed by atoms with van der Waals surface area (Å²) in [7, 11) is 0. The number of hydroxylamine groups is 2. The van der Waals surface area contributed by atoms with Gasteiger partial charge in [0, 0.05) is 10.9 Å². The molecule has 0 bridgehead atoms. The Bertz CT molecular complexity index is 1310. The van der Waals surface area contributed by atoms with Gasteiger partial charge in [-0.25, -0.2) is 5.06 Å². The van der Waals surface area contributed by atoms with Crippen molar-refractivity contribution in [2.24, 2.45) is 0 Å². The van der Waals surface area contributed by atoms with Crippen LogP contribution in [-0.4, -0.2) is 29.3 Å². The molecule has 0 aliphatic rings. The summed E-state index contributed by atoms with van der Waals surface area (Å²) in [6, 6.07) is 19.5. The third-order valence-electron chi connectivity index (χ3n) is 5.64. The number of benzene rings is 3. The second-order valence-corrected chi connectivity index (χ2v) is 8.19. The van der Waals surface area contributed by atoms with Gasteiger partial charge >= 0.3 is 12.1 Å². The molecular weight excluding hydrogens is 459 g/mol. The smallest absolute Gasteiger partial charge is 0.416 e. The lowest BCUT2D eigenvalue weighted by Crippen LogP contribution is -2.31. The second-order valence-electron chi connectivity index (χ2n) is 8.19. The minimum atomic E-state index is -4.43. The third kappa shape index (κ3) is 5.84. The topological polar surface area (TPSA) is 62.9 Å². The number of furan rings is 1. The summed E-state index contributed by atoms with van der Waals surface area (Å²) in [6.45, 7) is 1.91. The molecule has 35 heavy (non-hydrogen) atoms. The van der Waals surface area contributed by atoms with Crippen molar-refractivity contribution in [2.45, 2.75) is 25.9 Å². The molecule has 0 saturated carbocycles. The fourth-order valence-corrected chi connectivity index (χ4v) is 3.80. The van der Waals surface area contributed by atoms with Crippen molar-refractivity contribution < 1.29 is 32.3 Å².